The molecule has 1 heterocycles. The van der Waals surface area contributed by atoms with Gasteiger partial charge in [0, 0.05) is 19.8 Å². The quantitative estimate of drug-likeness (QED) is 0.743. The fourth-order valence-electron chi connectivity index (χ4n) is 1.56. The van der Waals surface area contributed by atoms with E-state index in [1.54, 1.807) is 0 Å². The van der Waals surface area contributed by atoms with Crippen LogP contribution in [0.1, 0.15) is 32.6 Å². The van der Waals surface area contributed by atoms with Crippen LogP contribution in [-0.2, 0) is 14.2 Å². The molecule has 0 amide bonds. The normalized spacial score (nSPS) is 28.9. The minimum atomic E-state index is -0.391. The van der Waals surface area contributed by atoms with Crippen LogP contribution >= 0.6 is 0 Å². The Hall–Kier alpha value is -0.160. The van der Waals surface area contributed by atoms with Crippen molar-refractivity contribution in [2.45, 2.75) is 44.8 Å². The van der Waals surface area contributed by atoms with Gasteiger partial charge in [-0.2, -0.15) is 0 Å². The second-order valence-corrected chi connectivity index (χ2v) is 4.23. The predicted octanol–water partition coefficient (Wildman–Crippen LogP) is 1.36. The number of aliphatic hydroxyl groups is 1. The Morgan fingerprint density at radius 3 is 2.75 bits per heavy atom. The van der Waals surface area contributed by atoms with Crippen LogP contribution in [0, 0.1) is 0 Å². The van der Waals surface area contributed by atoms with Crippen LogP contribution in [0.2, 0.25) is 0 Å². The van der Waals surface area contributed by atoms with E-state index in [0.29, 0.717) is 32.8 Å². The van der Waals surface area contributed by atoms with Gasteiger partial charge in [0.25, 0.3) is 0 Å². The van der Waals surface area contributed by atoms with Crippen molar-refractivity contribution in [1.82, 2.24) is 0 Å². The van der Waals surface area contributed by atoms with E-state index in [0.717, 1.165) is 25.9 Å². The largest absolute Gasteiger partial charge is 0.391 e. The summed E-state index contributed by atoms with van der Waals surface area (Å²) in [6.07, 6.45) is 3.48. The molecule has 1 saturated heterocycles. The molecule has 0 aromatic rings. The SMILES string of the molecule is CCCCOC1CCOCC(O)CCOC1. The van der Waals surface area contributed by atoms with Gasteiger partial charge in [-0.15, -0.1) is 0 Å². The third-order valence-corrected chi connectivity index (χ3v) is 2.65. The van der Waals surface area contributed by atoms with Crippen LogP contribution in [0.3, 0.4) is 0 Å². The molecule has 0 bridgehead atoms. The highest BCUT2D eigenvalue weighted by molar-refractivity contribution is 4.61. The van der Waals surface area contributed by atoms with Gasteiger partial charge in [0.2, 0.25) is 0 Å². The number of rotatable bonds is 4. The Morgan fingerprint density at radius 2 is 1.94 bits per heavy atom. The number of hydrogen-bond donors (Lipinski definition) is 1. The Kier molecular flexibility index (Phi) is 7.76. The molecule has 0 radical (unpaired) electrons. The maximum Gasteiger partial charge on any atom is 0.0830 e. The lowest BCUT2D eigenvalue weighted by atomic mass is 10.2. The van der Waals surface area contributed by atoms with Crippen molar-refractivity contribution in [1.29, 1.82) is 0 Å². The first-order valence-corrected chi connectivity index (χ1v) is 6.28. The molecular formula is C12H24O4. The smallest absolute Gasteiger partial charge is 0.0830 e. The summed E-state index contributed by atoms with van der Waals surface area (Å²) in [4.78, 5) is 0. The Balaban J connectivity index is 2.18. The predicted molar refractivity (Wildman–Crippen MR) is 61.5 cm³/mol. The summed E-state index contributed by atoms with van der Waals surface area (Å²) < 4.78 is 16.6. The fourth-order valence-corrected chi connectivity index (χ4v) is 1.56. The molecule has 0 aliphatic carbocycles. The van der Waals surface area contributed by atoms with Gasteiger partial charge in [0.05, 0.1) is 25.4 Å². The van der Waals surface area contributed by atoms with Crippen molar-refractivity contribution in [3.05, 3.63) is 0 Å². The van der Waals surface area contributed by atoms with E-state index in [1.165, 1.54) is 0 Å². The molecule has 2 unspecified atom stereocenters. The van der Waals surface area contributed by atoms with Crippen LogP contribution in [0.4, 0.5) is 0 Å². The molecule has 1 N–H and O–H groups in total. The molecule has 1 aliphatic rings. The highest BCUT2D eigenvalue weighted by Crippen LogP contribution is 2.06. The van der Waals surface area contributed by atoms with E-state index in [-0.39, 0.29) is 6.10 Å². The summed E-state index contributed by atoms with van der Waals surface area (Å²) in [5, 5.41) is 9.43. The van der Waals surface area contributed by atoms with Gasteiger partial charge < -0.3 is 19.3 Å². The first kappa shape index (κ1) is 13.9. The molecule has 1 rings (SSSR count). The zero-order valence-corrected chi connectivity index (χ0v) is 10.2. The molecule has 0 aromatic heterocycles. The standard InChI is InChI=1S/C12H24O4/c1-2-3-6-16-12-5-8-14-9-11(13)4-7-15-10-12/h11-13H,2-10H2,1H3. The first-order chi connectivity index (χ1) is 7.83. The lowest BCUT2D eigenvalue weighted by molar-refractivity contribution is -0.0616. The van der Waals surface area contributed by atoms with Gasteiger partial charge in [-0.05, 0) is 19.3 Å². The zero-order valence-electron chi connectivity index (χ0n) is 10.2. The van der Waals surface area contributed by atoms with Gasteiger partial charge in [-0.25, -0.2) is 0 Å². The molecule has 96 valence electrons. The third kappa shape index (κ3) is 6.43. The van der Waals surface area contributed by atoms with E-state index in [4.69, 9.17) is 14.2 Å². The van der Waals surface area contributed by atoms with Gasteiger partial charge in [0.15, 0.2) is 0 Å². The topological polar surface area (TPSA) is 47.9 Å². The summed E-state index contributed by atoms with van der Waals surface area (Å²) in [7, 11) is 0. The van der Waals surface area contributed by atoms with Crippen LogP contribution in [0.15, 0.2) is 0 Å². The summed E-state index contributed by atoms with van der Waals surface area (Å²) in [6.45, 7) is 5.19. The highest BCUT2D eigenvalue weighted by Gasteiger charge is 2.13. The minimum absolute atomic E-state index is 0.141. The van der Waals surface area contributed by atoms with E-state index >= 15 is 0 Å². The van der Waals surface area contributed by atoms with Crippen molar-refractivity contribution >= 4 is 0 Å². The van der Waals surface area contributed by atoms with E-state index < -0.39 is 6.10 Å². The summed E-state index contributed by atoms with van der Waals surface area (Å²) >= 11 is 0. The van der Waals surface area contributed by atoms with Crippen LogP contribution < -0.4 is 0 Å². The number of unbranched alkanes of at least 4 members (excludes halogenated alkanes) is 1. The second kappa shape index (κ2) is 8.93. The molecule has 2 atom stereocenters. The monoisotopic (exact) mass is 232 g/mol. The highest BCUT2D eigenvalue weighted by atomic mass is 16.5. The molecule has 0 saturated carbocycles. The average Bonchev–Trinajstić information content (AvgIpc) is 2.29. The molecular weight excluding hydrogens is 208 g/mol. The van der Waals surface area contributed by atoms with Gasteiger partial charge in [-0.3, -0.25) is 0 Å². The molecule has 0 aromatic carbocycles. The molecule has 16 heavy (non-hydrogen) atoms. The Labute approximate surface area is 97.9 Å². The van der Waals surface area contributed by atoms with Crippen LogP contribution in [-0.4, -0.2) is 50.3 Å². The number of ether oxygens (including phenoxy) is 3. The van der Waals surface area contributed by atoms with Gasteiger partial charge >= 0.3 is 0 Å². The van der Waals surface area contributed by atoms with E-state index in [1.807, 2.05) is 0 Å². The fraction of sp³-hybridized carbons (Fsp3) is 1.00. The molecule has 1 aliphatic heterocycles. The van der Waals surface area contributed by atoms with Crippen molar-refractivity contribution in [3.63, 3.8) is 0 Å². The molecule has 4 nitrogen and oxygen atoms in total. The van der Waals surface area contributed by atoms with Crippen LogP contribution in [0.5, 0.6) is 0 Å². The zero-order chi connectivity index (χ0) is 11.6. The van der Waals surface area contributed by atoms with Gasteiger partial charge in [-0.1, -0.05) is 13.3 Å². The van der Waals surface area contributed by atoms with Crippen molar-refractivity contribution < 1.29 is 19.3 Å². The van der Waals surface area contributed by atoms with Crippen LogP contribution in [0.25, 0.3) is 0 Å². The molecule has 1 fully saturated rings. The number of hydrogen-bond acceptors (Lipinski definition) is 4. The lowest BCUT2D eigenvalue weighted by Crippen LogP contribution is -2.27. The van der Waals surface area contributed by atoms with Crippen molar-refractivity contribution in [2.75, 3.05) is 33.0 Å². The summed E-state index contributed by atoms with van der Waals surface area (Å²) in [5.41, 5.74) is 0. The number of aliphatic hydroxyl groups excluding tert-OH is 1. The van der Waals surface area contributed by atoms with Crippen molar-refractivity contribution in [2.24, 2.45) is 0 Å². The van der Waals surface area contributed by atoms with Gasteiger partial charge in [0.1, 0.15) is 0 Å². The summed E-state index contributed by atoms with van der Waals surface area (Å²) in [5.74, 6) is 0. The maximum absolute atomic E-state index is 9.43. The summed E-state index contributed by atoms with van der Waals surface area (Å²) in [6, 6.07) is 0. The van der Waals surface area contributed by atoms with Crippen molar-refractivity contribution in [3.8, 4) is 0 Å². The molecule has 0 spiro atoms. The van der Waals surface area contributed by atoms with E-state index in [2.05, 4.69) is 6.92 Å². The third-order valence-electron chi connectivity index (χ3n) is 2.65. The molecule has 4 heteroatoms. The minimum Gasteiger partial charge on any atom is -0.391 e. The second-order valence-electron chi connectivity index (χ2n) is 4.23. The average molecular weight is 232 g/mol. The lowest BCUT2D eigenvalue weighted by Gasteiger charge is -2.21. The first-order valence-electron chi connectivity index (χ1n) is 6.28. The Morgan fingerprint density at radius 1 is 1.19 bits per heavy atom. The maximum atomic E-state index is 9.43. The Bertz CT molecular complexity index is 151. The van der Waals surface area contributed by atoms with E-state index in [9.17, 15) is 5.11 Å².